The number of carbonyl (C=O) groups is 2. The molecule has 1 fully saturated rings. The summed E-state index contributed by atoms with van der Waals surface area (Å²) in [5.74, 6) is -0.820. The summed E-state index contributed by atoms with van der Waals surface area (Å²) in [4.78, 5) is 47.0. The zero-order valence-electron chi connectivity index (χ0n) is 18.4. The number of methoxy groups -OCH3 is 1. The van der Waals surface area contributed by atoms with Gasteiger partial charge in [-0.15, -0.1) is 0 Å². The van der Waals surface area contributed by atoms with E-state index in [1.165, 1.54) is 11.7 Å². The number of aromatic nitrogens is 4. The van der Waals surface area contributed by atoms with Crippen LogP contribution in [-0.4, -0.2) is 57.4 Å². The van der Waals surface area contributed by atoms with Crippen LogP contribution in [0.4, 0.5) is 0 Å². The van der Waals surface area contributed by atoms with Crippen molar-refractivity contribution in [2.24, 2.45) is 5.73 Å². The minimum absolute atomic E-state index is 0.0807. The Labute approximate surface area is 189 Å². The van der Waals surface area contributed by atoms with Crippen LogP contribution in [0.15, 0.2) is 29.1 Å². The van der Waals surface area contributed by atoms with Crippen molar-refractivity contribution >= 4 is 23.0 Å². The lowest BCUT2D eigenvalue weighted by Gasteiger charge is -2.11. The largest absolute Gasteiger partial charge is 0.496 e. The first-order valence-corrected chi connectivity index (χ1v) is 10.7. The standard InChI is InChI=1S/C22H25N5O6/c1-3-32-16(28)12-26-18-17(19(23)29)24-20(14-8-4-5-9-15(14)31-2)25-21(18)27(22(26)30)11-13-7-6-10-33-13/h4-5,8-9,13H,3,6-7,10-12H2,1-2H3,(H2,23,29)/t13-/m1/s1. The van der Waals surface area contributed by atoms with Crippen LogP contribution < -0.4 is 16.2 Å². The Morgan fingerprint density at radius 3 is 2.70 bits per heavy atom. The normalized spacial score (nSPS) is 15.6. The second-order valence-electron chi connectivity index (χ2n) is 7.55. The zero-order chi connectivity index (χ0) is 23.5. The fraction of sp³-hybridized carbons (Fsp3) is 0.409. The fourth-order valence-corrected chi connectivity index (χ4v) is 3.97. The molecule has 1 aliphatic heterocycles. The van der Waals surface area contributed by atoms with Crippen LogP contribution in [-0.2, 0) is 27.4 Å². The van der Waals surface area contributed by atoms with Crippen LogP contribution in [0.2, 0.25) is 0 Å². The molecule has 3 heterocycles. The Balaban J connectivity index is 1.98. The zero-order valence-corrected chi connectivity index (χ0v) is 18.4. The summed E-state index contributed by atoms with van der Waals surface area (Å²) in [7, 11) is 1.51. The predicted molar refractivity (Wildman–Crippen MR) is 118 cm³/mol. The molecule has 11 nitrogen and oxygen atoms in total. The average molecular weight is 455 g/mol. The van der Waals surface area contributed by atoms with Gasteiger partial charge in [0.2, 0.25) is 0 Å². The number of ether oxygens (including phenoxy) is 3. The molecule has 4 rings (SSSR count). The van der Waals surface area contributed by atoms with E-state index in [1.54, 1.807) is 31.2 Å². The number of para-hydroxylation sites is 1. The van der Waals surface area contributed by atoms with Crippen LogP contribution in [0.25, 0.3) is 22.6 Å². The summed E-state index contributed by atoms with van der Waals surface area (Å²) in [6.07, 6.45) is 1.48. The average Bonchev–Trinajstić information content (AvgIpc) is 3.41. The van der Waals surface area contributed by atoms with E-state index in [4.69, 9.17) is 19.9 Å². The van der Waals surface area contributed by atoms with E-state index in [0.29, 0.717) is 17.9 Å². The van der Waals surface area contributed by atoms with E-state index in [-0.39, 0.29) is 41.9 Å². The number of nitrogens with two attached hydrogens (primary N) is 1. The van der Waals surface area contributed by atoms with E-state index in [9.17, 15) is 14.4 Å². The predicted octanol–water partition coefficient (Wildman–Crippen LogP) is 1.11. The first-order chi connectivity index (χ1) is 15.9. The molecule has 3 aromatic rings. The second-order valence-corrected chi connectivity index (χ2v) is 7.55. The molecule has 2 aromatic heterocycles. The van der Waals surface area contributed by atoms with E-state index in [2.05, 4.69) is 9.97 Å². The van der Waals surface area contributed by atoms with Crippen molar-refractivity contribution in [2.75, 3.05) is 20.3 Å². The number of rotatable bonds is 8. The summed E-state index contributed by atoms with van der Waals surface area (Å²) >= 11 is 0. The number of nitrogens with zero attached hydrogens (tertiary/aromatic N) is 4. The molecule has 11 heteroatoms. The molecule has 0 spiro atoms. The SMILES string of the molecule is CCOC(=O)Cn1c(=O)n(C[C@H]2CCCO2)c2nc(-c3ccccc3OC)nc(C(N)=O)c21. The Morgan fingerprint density at radius 1 is 1.24 bits per heavy atom. The molecule has 0 saturated carbocycles. The number of imidazole rings is 1. The maximum atomic E-state index is 13.4. The molecule has 0 unspecified atom stereocenters. The van der Waals surface area contributed by atoms with E-state index in [1.807, 2.05) is 0 Å². The lowest BCUT2D eigenvalue weighted by Crippen LogP contribution is -2.31. The molecule has 1 aromatic carbocycles. The number of fused-ring (bicyclic) bond motifs is 1. The van der Waals surface area contributed by atoms with Gasteiger partial charge in [0, 0.05) is 6.61 Å². The Hall–Kier alpha value is -3.73. The highest BCUT2D eigenvalue weighted by atomic mass is 16.5. The van der Waals surface area contributed by atoms with Crippen LogP contribution in [0.5, 0.6) is 5.75 Å². The second kappa shape index (κ2) is 9.41. The topological polar surface area (TPSA) is 141 Å². The summed E-state index contributed by atoms with van der Waals surface area (Å²) in [6, 6.07) is 7.04. The van der Waals surface area contributed by atoms with Gasteiger partial charge in [0.1, 0.15) is 17.8 Å². The molecular weight excluding hydrogens is 430 g/mol. The number of benzene rings is 1. The number of amides is 1. The van der Waals surface area contributed by atoms with Crippen molar-refractivity contribution in [3.8, 4) is 17.1 Å². The van der Waals surface area contributed by atoms with Crippen LogP contribution in [0.3, 0.4) is 0 Å². The summed E-state index contributed by atoms with van der Waals surface area (Å²) in [5, 5.41) is 0. The third-order valence-corrected chi connectivity index (χ3v) is 5.44. The molecule has 0 radical (unpaired) electrons. The maximum Gasteiger partial charge on any atom is 0.331 e. The molecule has 0 bridgehead atoms. The van der Waals surface area contributed by atoms with Crippen LogP contribution in [0, 0.1) is 0 Å². The molecule has 1 saturated heterocycles. The van der Waals surface area contributed by atoms with Gasteiger partial charge in [0.25, 0.3) is 5.91 Å². The first-order valence-electron chi connectivity index (χ1n) is 10.7. The van der Waals surface area contributed by atoms with Gasteiger partial charge in [-0.1, -0.05) is 12.1 Å². The molecule has 174 valence electrons. The first kappa shape index (κ1) is 22.5. The van der Waals surface area contributed by atoms with Crippen molar-refractivity contribution in [1.82, 2.24) is 19.1 Å². The molecule has 1 atom stereocenters. The van der Waals surface area contributed by atoms with Gasteiger partial charge in [-0.05, 0) is 31.9 Å². The van der Waals surface area contributed by atoms with Gasteiger partial charge in [-0.25, -0.2) is 14.8 Å². The smallest absolute Gasteiger partial charge is 0.331 e. The summed E-state index contributed by atoms with van der Waals surface area (Å²) in [5.41, 5.74) is 5.75. The van der Waals surface area contributed by atoms with Gasteiger partial charge in [-0.2, -0.15) is 0 Å². The molecule has 0 aliphatic carbocycles. The number of carbonyl (C=O) groups excluding carboxylic acids is 2. The summed E-state index contributed by atoms with van der Waals surface area (Å²) in [6.45, 7) is 2.23. The Kier molecular flexibility index (Phi) is 6.40. The van der Waals surface area contributed by atoms with Crippen molar-refractivity contribution in [3.63, 3.8) is 0 Å². The van der Waals surface area contributed by atoms with Crippen LogP contribution >= 0.6 is 0 Å². The minimum Gasteiger partial charge on any atom is -0.496 e. The van der Waals surface area contributed by atoms with Crippen LogP contribution in [0.1, 0.15) is 30.3 Å². The molecule has 1 aliphatic rings. The van der Waals surface area contributed by atoms with Crippen molar-refractivity contribution < 1.29 is 23.8 Å². The lowest BCUT2D eigenvalue weighted by atomic mass is 10.1. The Bertz CT molecular complexity index is 1260. The molecule has 2 N–H and O–H groups in total. The lowest BCUT2D eigenvalue weighted by molar-refractivity contribution is -0.143. The minimum atomic E-state index is -0.856. The van der Waals surface area contributed by atoms with E-state index < -0.39 is 24.1 Å². The highest BCUT2D eigenvalue weighted by Crippen LogP contribution is 2.29. The number of primary amides is 1. The number of esters is 1. The molecule has 33 heavy (non-hydrogen) atoms. The van der Waals surface area contributed by atoms with Crippen molar-refractivity contribution in [2.45, 2.75) is 39.0 Å². The highest BCUT2D eigenvalue weighted by molar-refractivity contribution is 6.02. The molecule has 1 amide bonds. The van der Waals surface area contributed by atoms with Crippen molar-refractivity contribution in [3.05, 3.63) is 40.4 Å². The van der Waals surface area contributed by atoms with Gasteiger partial charge in [0.15, 0.2) is 17.2 Å². The van der Waals surface area contributed by atoms with Crippen molar-refractivity contribution in [1.29, 1.82) is 0 Å². The third-order valence-electron chi connectivity index (χ3n) is 5.44. The van der Waals surface area contributed by atoms with Gasteiger partial charge >= 0.3 is 11.7 Å². The van der Waals surface area contributed by atoms with E-state index in [0.717, 1.165) is 17.4 Å². The van der Waals surface area contributed by atoms with E-state index >= 15 is 0 Å². The third kappa shape index (κ3) is 4.31. The van der Waals surface area contributed by atoms with Gasteiger partial charge in [0.05, 0.1) is 31.9 Å². The molecular formula is C22H25N5O6. The Morgan fingerprint density at radius 2 is 2.03 bits per heavy atom. The highest BCUT2D eigenvalue weighted by Gasteiger charge is 2.27. The fourth-order valence-electron chi connectivity index (χ4n) is 3.97. The van der Waals surface area contributed by atoms with Gasteiger partial charge in [-0.3, -0.25) is 18.7 Å². The number of hydrogen-bond donors (Lipinski definition) is 1. The number of hydrogen-bond acceptors (Lipinski definition) is 8. The quantitative estimate of drug-likeness (QED) is 0.498. The van der Waals surface area contributed by atoms with Gasteiger partial charge < -0.3 is 19.9 Å². The monoisotopic (exact) mass is 455 g/mol. The maximum absolute atomic E-state index is 13.4. The summed E-state index contributed by atoms with van der Waals surface area (Å²) < 4.78 is 18.7.